The Morgan fingerprint density at radius 2 is 1.93 bits per heavy atom. The first-order chi connectivity index (χ1) is 6.52. The van der Waals surface area contributed by atoms with E-state index in [2.05, 4.69) is 10.0 Å². The summed E-state index contributed by atoms with van der Waals surface area (Å²) >= 11 is 0. The molecular formula is C8H19N3O2S. The van der Waals surface area contributed by atoms with Gasteiger partial charge in [-0.25, -0.2) is 4.72 Å². The minimum atomic E-state index is -3.23. The molecule has 0 saturated carbocycles. The van der Waals surface area contributed by atoms with Crippen LogP contribution in [0.3, 0.4) is 0 Å². The van der Waals surface area contributed by atoms with Gasteiger partial charge in [-0.3, -0.25) is 0 Å². The molecule has 0 aromatic carbocycles. The van der Waals surface area contributed by atoms with Crippen LogP contribution in [0.1, 0.15) is 12.8 Å². The average Bonchev–Trinajstić information content (AvgIpc) is 2.16. The Balaban J connectivity index is 2.32. The predicted molar refractivity (Wildman–Crippen MR) is 56.2 cm³/mol. The van der Waals surface area contributed by atoms with Crippen molar-refractivity contribution in [2.45, 2.75) is 12.8 Å². The van der Waals surface area contributed by atoms with Crippen molar-refractivity contribution in [1.29, 1.82) is 0 Å². The van der Waals surface area contributed by atoms with Crippen LogP contribution in [-0.2, 0) is 10.2 Å². The van der Waals surface area contributed by atoms with Gasteiger partial charge in [-0.05, 0) is 31.8 Å². The van der Waals surface area contributed by atoms with Crippen LogP contribution in [-0.4, -0.2) is 46.5 Å². The number of nitrogens with one attached hydrogen (secondary N) is 2. The Labute approximate surface area is 86.0 Å². The van der Waals surface area contributed by atoms with Gasteiger partial charge in [0.1, 0.15) is 0 Å². The Morgan fingerprint density at radius 1 is 1.36 bits per heavy atom. The van der Waals surface area contributed by atoms with E-state index in [0.717, 1.165) is 25.9 Å². The first-order valence-corrected chi connectivity index (χ1v) is 6.34. The van der Waals surface area contributed by atoms with Gasteiger partial charge in [0.25, 0.3) is 10.2 Å². The molecule has 0 unspecified atom stereocenters. The van der Waals surface area contributed by atoms with E-state index in [4.69, 9.17) is 0 Å². The van der Waals surface area contributed by atoms with Crippen molar-refractivity contribution in [1.82, 2.24) is 14.3 Å². The van der Waals surface area contributed by atoms with Gasteiger partial charge in [0.15, 0.2) is 0 Å². The third-order valence-electron chi connectivity index (χ3n) is 2.49. The van der Waals surface area contributed by atoms with Crippen LogP contribution in [0.4, 0.5) is 0 Å². The van der Waals surface area contributed by atoms with Gasteiger partial charge in [0.05, 0.1) is 0 Å². The number of hydrogen-bond donors (Lipinski definition) is 2. The van der Waals surface area contributed by atoms with Crippen molar-refractivity contribution in [2.24, 2.45) is 5.92 Å². The van der Waals surface area contributed by atoms with Crippen molar-refractivity contribution in [3.05, 3.63) is 0 Å². The monoisotopic (exact) mass is 221 g/mol. The van der Waals surface area contributed by atoms with Crippen molar-refractivity contribution in [3.63, 3.8) is 0 Å². The topological polar surface area (TPSA) is 61.4 Å². The van der Waals surface area contributed by atoms with Gasteiger partial charge in [-0.2, -0.15) is 12.7 Å². The summed E-state index contributed by atoms with van der Waals surface area (Å²) in [6, 6.07) is 0. The SMILES string of the molecule is CN(C)S(=O)(=O)NCC1CCNCC1. The standard InChI is InChI=1S/C8H19N3O2S/c1-11(2)14(12,13)10-7-8-3-5-9-6-4-8/h8-10H,3-7H2,1-2H3. The van der Waals surface area contributed by atoms with Gasteiger partial charge >= 0.3 is 0 Å². The summed E-state index contributed by atoms with van der Waals surface area (Å²) in [5.41, 5.74) is 0. The fourth-order valence-electron chi connectivity index (χ4n) is 1.44. The second-order valence-electron chi connectivity index (χ2n) is 3.83. The maximum absolute atomic E-state index is 11.4. The molecular weight excluding hydrogens is 202 g/mol. The molecule has 1 heterocycles. The predicted octanol–water partition coefficient (Wildman–Crippen LogP) is -0.618. The summed E-state index contributed by atoms with van der Waals surface area (Å²) in [5.74, 6) is 0.478. The smallest absolute Gasteiger partial charge is 0.278 e. The fourth-order valence-corrected chi connectivity index (χ4v) is 2.14. The molecule has 0 radical (unpaired) electrons. The molecule has 14 heavy (non-hydrogen) atoms. The average molecular weight is 221 g/mol. The lowest BCUT2D eigenvalue weighted by molar-refractivity contribution is 0.369. The van der Waals surface area contributed by atoms with Gasteiger partial charge in [0.2, 0.25) is 0 Å². The molecule has 1 rings (SSSR count). The van der Waals surface area contributed by atoms with Crippen LogP contribution in [0.15, 0.2) is 0 Å². The number of piperidine rings is 1. The molecule has 84 valence electrons. The molecule has 1 aliphatic heterocycles. The Kier molecular flexibility index (Phi) is 4.31. The van der Waals surface area contributed by atoms with Crippen LogP contribution in [0.5, 0.6) is 0 Å². The van der Waals surface area contributed by atoms with Gasteiger partial charge in [-0.1, -0.05) is 0 Å². The molecule has 1 aliphatic rings. The van der Waals surface area contributed by atoms with Gasteiger partial charge in [0, 0.05) is 20.6 Å². The summed E-state index contributed by atoms with van der Waals surface area (Å²) in [6.07, 6.45) is 2.10. The van der Waals surface area contributed by atoms with E-state index in [9.17, 15) is 8.42 Å². The van der Waals surface area contributed by atoms with E-state index in [1.165, 1.54) is 18.4 Å². The summed E-state index contributed by atoms with van der Waals surface area (Å²) < 4.78 is 26.5. The first-order valence-electron chi connectivity index (χ1n) is 4.90. The van der Waals surface area contributed by atoms with E-state index in [1.807, 2.05) is 0 Å². The molecule has 0 spiro atoms. The molecule has 0 aromatic heterocycles. The lowest BCUT2D eigenvalue weighted by Gasteiger charge is -2.23. The Bertz CT molecular complexity index is 258. The van der Waals surface area contributed by atoms with Crippen LogP contribution in [0.25, 0.3) is 0 Å². The highest BCUT2D eigenvalue weighted by atomic mass is 32.2. The second kappa shape index (κ2) is 5.06. The summed E-state index contributed by atoms with van der Waals surface area (Å²) in [7, 11) is -0.170. The van der Waals surface area contributed by atoms with E-state index < -0.39 is 10.2 Å². The van der Waals surface area contributed by atoms with Crippen LogP contribution in [0, 0.1) is 5.92 Å². The van der Waals surface area contributed by atoms with Crippen LogP contribution >= 0.6 is 0 Å². The van der Waals surface area contributed by atoms with Gasteiger partial charge in [-0.15, -0.1) is 0 Å². The van der Waals surface area contributed by atoms with Gasteiger partial charge < -0.3 is 5.32 Å². The minimum absolute atomic E-state index is 0.478. The summed E-state index contributed by atoms with van der Waals surface area (Å²) in [4.78, 5) is 0. The van der Waals surface area contributed by atoms with Crippen LogP contribution < -0.4 is 10.0 Å². The van der Waals surface area contributed by atoms with Crippen molar-refractivity contribution >= 4 is 10.2 Å². The normalized spacial score (nSPS) is 20.2. The maximum Gasteiger partial charge on any atom is 0.278 e. The third kappa shape index (κ3) is 3.53. The molecule has 0 amide bonds. The molecule has 0 aliphatic carbocycles. The molecule has 1 saturated heterocycles. The molecule has 0 atom stereocenters. The molecule has 5 nitrogen and oxygen atoms in total. The van der Waals surface area contributed by atoms with Crippen molar-refractivity contribution < 1.29 is 8.42 Å². The largest absolute Gasteiger partial charge is 0.317 e. The van der Waals surface area contributed by atoms with Crippen LogP contribution in [0.2, 0.25) is 0 Å². The third-order valence-corrected chi connectivity index (χ3v) is 3.99. The lowest BCUT2D eigenvalue weighted by Crippen LogP contribution is -2.40. The molecule has 0 aromatic rings. The summed E-state index contributed by atoms with van der Waals surface area (Å²) in [5, 5.41) is 3.25. The molecule has 0 bridgehead atoms. The Hall–Kier alpha value is -0.170. The van der Waals surface area contributed by atoms with E-state index in [0.29, 0.717) is 12.5 Å². The molecule has 6 heteroatoms. The molecule has 1 fully saturated rings. The van der Waals surface area contributed by atoms with E-state index >= 15 is 0 Å². The highest BCUT2D eigenvalue weighted by Crippen LogP contribution is 2.10. The second-order valence-corrected chi connectivity index (χ2v) is 5.80. The van der Waals surface area contributed by atoms with E-state index in [-0.39, 0.29) is 0 Å². The Morgan fingerprint density at radius 3 is 2.43 bits per heavy atom. The quantitative estimate of drug-likeness (QED) is 0.665. The zero-order valence-electron chi connectivity index (χ0n) is 8.78. The molecule has 2 N–H and O–H groups in total. The first kappa shape index (κ1) is 11.9. The van der Waals surface area contributed by atoms with E-state index in [1.54, 1.807) is 0 Å². The van der Waals surface area contributed by atoms with Crippen molar-refractivity contribution in [2.75, 3.05) is 33.7 Å². The zero-order chi connectivity index (χ0) is 10.6. The minimum Gasteiger partial charge on any atom is -0.317 e. The highest BCUT2D eigenvalue weighted by Gasteiger charge is 2.17. The maximum atomic E-state index is 11.4. The number of hydrogen-bond acceptors (Lipinski definition) is 3. The fraction of sp³-hybridized carbons (Fsp3) is 1.00. The van der Waals surface area contributed by atoms with Crippen molar-refractivity contribution in [3.8, 4) is 0 Å². The lowest BCUT2D eigenvalue weighted by atomic mass is 9.99. The number of nitrogens with zero attached hydrogens (tertiary/aromatic N) is 1. The highest BCUT2D eigenvalue weighted by molar-refractivity contribution is 7.87. The summed E-state index contributed by atoms with van der Waals surface area (Å²) in [6.45, 7) is 2.55. The zero-order valence-corrected chi connectivity index (χ0v) is 9.60. The number of rotatable bonds is 4.